The van der Waals surface area contributed by atoms with Gasteiger partial charge in [0.25, 0.3) is 0 Å². The summed E-state index contributed by atoms with van der Waals surface area (Å²) in [6.07, 6.45) is 1.42. The third kappa shape index (κ3) is 5.89. The number of amides is 1. The van der Waals surface area contributed by atoms with E-state index < -0.39 is 0 Å². The fourth-order valence-corrected chi connectivity index (χ4v) is 0.653. The molecule has 0 fully saturated rings. The van der Waals surface area contributed by atoms with Crippen molar-refractivity contribution in [2.75, 3.05) is 0 Å². The second-order valence-electron chi connectivity index (χ2n) is 3.33. The van der Waals surface area contributed by atoms with Gasteiger partial charge >= 0.3 is 0 Å². The lowest BCUT2D eigenvalue weighted by molar-refractivity contribution is -0.121. The lowest BCUT2D eigenvalue weighted by Gasteiger charge is -2.02. The van der Waals surface area contributed by atoms with Gasteiger partial charge in [-0.25, -0.2) is 5.43 Å². The summed E-state index contributed by atoms with van der Waals surface area (Å²) in [5.74, 6) is 0.389. The molecule has 0 aliphatic rings. The minimum Gasteiger partial charge on any atom is -0.273 e. The monoisotopic (exact) mass is 170 g/mol. The summed E-state index contributed by atoms with van der Waals surface area (Å²) < 4.78 is 0. The average molecular weight is 170 g/mol. The van der Waals surface area contributed by atoms with Crippen LogP contribution in [0.3, 0.4) is 0 Å². The molecule has 1 N–H and O–H groups in total. The highest BCUT2D eigenvalue weighted by Gasteiger charge is 2.02. The molecular formula is C9H18N2O. The molecule has 0 aromatic heterocycles. The van der Waals surface area contributed by atoms with Crippen LogP contribution in [0.25, 0.3) is 0 Å². The molecule has 0 radical (unpaired) electrons. The van der Waals surface area contributed by atoms with Crippen molar-refractivity contribution >= 4 is 11.6 Å². The van der Waals surface area contributed by atoms with Gasteiger partial charge in [-0.05, 0) is 19.3 Å². The fraction of sp³-hybridized carbons (Fsp3) is 0.778. The molecule has 3 heteroatoms. The number of hydrazone groups is 1. The number of rotatable bonds is 4. The molecule has 0 aromatic carbocycles. The average Bonchev–Trinajstić information content (AvgIpc) is 1.99. The van der Waals surface area contributed by atoms with E-state index in [2.05, 4.69) is 10.5 Å². The van der Waals surface area contributed by atoms with E-state index in [1.54, 1.807) is 0 Å². The normalized spacial score (nSPS) is 11.9. The van der Waals surface area contributed by atoms with Gasteiger partial charge in [-0.15, -0.1) is 0 Å². The molecule has 0 unspecified atom stereocenters. The van der Waals surface area contributed by atoms with Crippen LogP contribution in [0.4, 0.5) is 0 Å². The van der Waals surface area contributed by atoms with Gasteiger partial charge in [0, 0.05) is 12.1 Å². The Bertz CT molecular complexity index is 173. The molecule has 0 saturated heterocycles. The standard InChI is InChI=1S/C9H18N2O/c1-5-8(4)10-11-9(12)6-7(2)3/h7H,5-6H2,1-4H3,(H,11,12). The second kappa shape index (κ2) is 5.75. The lowest BCUT2D eigenvalue weighted by atomic mass is 10.1. The van der Waals surface area contributed by atoms with Crippen LogP contribution in [0.5, 0.6) is 0 Å². The van der Waals surface area contributed by atoms with Crippen molar-refractivity contribution in [1.82, 2.24) is 5.43 Å². The van der Waals surface area contributed by atoms with Gasteiger partial charge in [0.05, 0.1) is 0 Å². The first kappa shape index (κ1) is 11.1. The minimum atomic E-state index is -0.00204. The number of nitrogens with zero attached hydrogens (tertiary/aromatic N) is 1. The van der Waals surface area contributed by atoms with Crippen LogP contribution in [-0.2, 0) is 4.79 Å². The van der Waals surface area contributed by atoms with E-state index >= 15 is 0 Å². The highest BCUT2D eigenvalue weighted by Crippen LogP contribution is 1.97. The highest BCUT2D eigenvalue weighted by molar-refractivity contribution is 5.84. The van der Waals surface area contributed by atoms with Crippen molar-refractivity contribution in [3.63, 3.8) is 0 Å². The molecule has 70 valence electrons. The molecule has 0 aliphatic heterocycles. The Morgan fingerprint density at radius 1 is 1.50 bits per heavy atom. The first-order valence-electron chi connectivity index (χ1n) is 4.38. The Labute approximate surface area is 74.2 Å². The van der Waals surface area contributed by atoms with E-state index in [0.717, 1.165) is 12.1 Å². The van der Waals surface area contributed by atoms with Crippen molar-refractivity contribution in [3.8, 4) is 0 Å². The Balaban J connectivity index is 3.71. The molecular weight excluding hydrogens is 152 g/mol. The summed E-state index contributed by atoms with van der Waals surface area (Å²) in [5.41, 5.74) is 3.46. The molecule has 0 aliphatic carbocycles. The predicted octanol–water partition coefficient (Wildman–Crippen LogP) is 1.93. The van der Waals surface area contributed by atoms with Gasteiger partial charge in [-0.3, -0.25) is 4.79 Å². The Hall–Kier alpha value is -0.860. The third-order valence-electron chi connectivity index (χ3n) is 1.48. The van der Waals surface area contributed by atoms with Gasteiger partial charge in [0.15, 0.2) is 0 Å². The largest absolute Gasteiger partial charge is 0.273 e. The molecule has 0 bridgehead atoms. The summed E-state index contributed by atoms with van der Waals surface area (Å²) in [6.45, 7) is 7.93. The van der Waals surface area contributed by atoms with Crippen molar-refractivity contribution in [2.24, 2.45) is 11.0 Å². The molecule has 0 aromatic rings. The van der Waals surface area contributed by atoms with Gasteiger partial charge in [-0.1, -0.05) is 20.8 Å². The summed E-state index contributed by atoms with van der Waals surface area (Å²) >= 11 is 0. The SMILES string of the molecule is CCC(C)=NNC(=O)CC(C)C. The van der Waals surface area contributed by atoms with E-state index in [-0.39, 0.29) is 5.91 Å². The zero-order valence-electron chi connectivity index (χ0n) is 8.35. The van der Waals surface area contributed by atoms with Gasteiger partial charge in [-0.2, -0.15) is 5.10 Å². The van der Waals surface area contributed by atoms with E-state index in [9.17, 15) is 4.79 Å². The van der Waals surface area contributed by atoms with Gasteiger partial charge in [0.2, 0.25) is 5.91 Å². The van der Waals surface area contributed by atoms with Crippen LogP contribution < -0.4 is 5.43 Å². The number of hydrogen-bond acceptors (Lipinski definition) is 2. The van der Waals surface area contributed by atoms with Crippen LogP contribution >= 0.6 is 0 Å². The van der Waals surface area contributed by atoms with Gasteiger partial charge in [0.1, 0.15) is 0 Å². The topological polar surface area (TPSA) is 41.5 Å². The van der Waals surface area contributed by atoms with Crippen LogP contribution in [0, 0.1) is 5.92 Å². The van der Waals surface area contributed by atoms with Crippen LogP contribution in [0.2, 0.25) is 0 Å². The van der Waals surface area contributed by atoms with Crippen molar-refractivity contribution in [1.29, 1.82) is 0 Å². The van der Waals surface area contributed by atoms with E-state index in [4.69, 9.17) is 0 Å². The lowest BCUT2D eigenvalue weighted by Crippen LogP contribution is -2.20. The maximum Gasteiger partial charge on any atom is 0.240 e. The maximum atomic E-state index is 11.1. The molecule has 3 nitrogen and oxygen atoms in total. The van der Waals surface area contributed by atoms with E-state index in [0.29, 0.717) is 12.3 Å². The third-order valence-corrected chi connectivity index (χ3v) is 1.48. The van der Waals surface area contributed by atoms with Crippen molar-refractivity contribution in [2.45, 2.75) is 40.5 Å². The van der Waals surface area contributed by atoms with Crippen LogP contribution in [0.15, 0.2) is 5.10 Å². The molecule has 0 heterocycles. The van der Waals surface area contributed by atoms with Crippen LogP contribution in [-0.4, -0.2) is 11.6 Å². The zero-order valence-corrected chi connectivity index (χ0v) is 8.35. The van der Waals surface area contributed by atoms with Crippen molar-refractivity contribution in [3.05, 3.63) is 0 Å². The number of carbonyl (C=O) groups is 1. The molecule has 0 rings (SSSR count). The molecule has 0 spiro atoms. The summed E-state index contributed by atoms with van der Waals surface area (Å²) in [5, 5.41) is 3.91. The highest BCUT2D eigenvalue weighted by atomic mass is 16.2. The number of nitrogens with one attached hydrogen (secondary N) is 1. The first-order chi connectivity index (χ1) is 5.56. The maximum absolute atomic E-state index is 11.1. The molecule has 12 heavy (non-hydrogen) atoms. The fourth-order valence-electron chi connectivity index (χ4n) is 0.653. The van der Waals surface area contributed by atoms with E-state index in [1.165, 1.54) is 0 Å². The first-order valence-corrected chi connectivity index (χ1v) is 4.38. The molecule has 1 amide bonds. The smallest absolute Gasteiger partial charge is 0.240 e. The molecule has 0 atom stereocenters. The summed E-state index contributed by atoms with van der Waals surface area (Å²) in [4.78, 5) is 11.1. The van der Waals surface area contributed by atoms with E-state index in [1.807, 2.05) is 27.7 Å². The van der Waals surface area contributed by atoms with Crippen LogP contribution in [0.1, 0.15) is 40.5 Å². The second-order valence-corrected chi connectivity index (χ2v) is 3.33. The minimum absolute atomic E-state index is 0.00204. The predicted molar refractivity (Wildman–Crippen MR) is 51.0 cm³/mol. The molecule has 0 saturated carbocycles. The Kier molecular flexibility index (Phi) is 5.34. The summed E-state index contributed by atoms with van der Waals surface area (Å²) in [7, 11) is 0. The summed E-state index contributed by atoms with van der Waals surface area (Å²) in [6, 6.07) is 0. The Morgan fingerprint density at radius 3 is 2.50 bits per heavy atom. The van der Waals surface area contributed by atoms with Gasteiger partial charge < -0.3 is 0 Å². The quantitative estimate of drug-likeness (QED) is 0.508. The van der Waals surface area contributed by atoms with Crippen molar-refractivity contribution < 1.29 is 4.79 Å². The number of carbonyl (C=O) groups excluding carboxylic acids is 1. The number of hydrogen-bond donors (Lipinski definition) is 1. The Morgan fingerprint density at radius 2 is 2.08 bits per heavy atom. The zero-order chi connectivity index (χ0) is 9.56.